The van der Waals surface area contributed by atoms with Gasteiger partial charge in [-0.2, -0.15) is 0 Å². The van der Waals surface area contributed by atoms with Crippen LogP contribution in [0.2, 0.25) is 6.04 Å². The van der Waals surface area contributed by atoms with E-state index in [-0.39, 0.29) is 0 Å². The second kappa shape index (κ2) is 23.3. The Morgan fingerprint density at radius 2 is 1.03 bits per heavy atom. The Hall–Kier alpha value is -0.873. The summed E-state index contributed by atoms with van der Waals surface area (Å²) in [5.74, 6) is 0. The molecule has 0 atom stereocenters. The van der Waals surface area contributed by atoms with Crippen molar-refractivity contribution in [1.29, 1.82) is 0 Å². The van der Waals surface area contributed by atoms with Gasteiger partial charge in [0, 0.05) is 33.9 Å². The number of nitrogens with one attached hydrogen (secondary N) is 1. The zero-order valence-electron chi connectivity index (χ0n) is 19.8. The lowest BCUT2D eigenvalue weighted by molar-refractivity contribution is -0.0112. The van der Waals surface area contributed by atoms with E-state index >= 15 is 0 Å². The summed E-state index contributed by atoms with van der Waals surface area (Å²) in [4.78, 5) is 11.0. The van der Waals surface area contributed by atoms with E-state index in [1.54, 1.807) is 21.3 Å². The van der Waals surface area contributed by atoms with Gasteiger partial charge in [-0.05, 0) is 6.42 Å². The normalized spacial score (nSPS) is 11.7. The molecule has 0 aromatic carbocycles. The standard InChI is InChI=1S/C19H42N2O10Si/c1-23-6-9-26-12-15-29-32(18-4-5-21-19(20)22,30-16-13-27-10-7-24-2)31-17-14-28-11-8-25-3/h4-18H2,1-3H3,(H3,20,21,22). The minimum Gasteiger partial charge on any atom is -0.382 e. The van der Waals surface area contributed by atoms with Crippen molar-refractivity contribution >= 4 is 14.8 Å². The highest BCUT2D eigenvalue weighted by molar-refractivity contribution is 6.60. The fourth-order valence-corrected chi connectivity index (χ4v) is 4.84. The maximum atomic E-state index is 11.0. The lowest BCUT2D eigenvalue weighted by atomic mass is 10.5. The molecule has 12 nitrogen and oxygen atoms in total. The average molecular weight is 487 g/mol. The van der Waals surface area contributed by atoms with Crippen molar-refractivity contribution in [2.45, 2.75) is 12.5 Å². The van der Waals surface area contributed by atoms with E-state index in [2.05, 4.69) is 5.32 Å². The van der Waals surface area contributed by atoms with Gasteiger partial charge in [0.25, 0.3) is 0 Å². The molecule has 0 spiro atoms. The molecule has 0 bridgehead atoms. The number of carbonyl (C=O) groups excluding carboxylic acids is 1. The minimum absolute atomic E-state index is 0.300. The maximum absolute atomic E-state index is 11.0. The van der Waals surface area contributed by atoms with Gasteiger partial charge in [0.05, 0.1) is 79.3 Å². The largest absolute Gasteiger partial charge is 0.501 e. The molecule has 0 aromatic rings. The van der Waals surface area contributed by atoms with Crippen LogP contribution < -0.4 is 11.1 Å². The first-order valence-corrected chi connectivity index (χ1v) is 12.7. The second-order valence-electron chi connectivity index (χ2n) is 6.44. The van der Waals surface area contributed by atoms with Crippen molar-refractivity contribution < 1.29 is 46.5 Å². The summed E-state index contributed by atoms with van der Waals surface area (Å²) in [7, 11) is 1.74. The molecule has 3 N–H and O–H groups in total. The Morgan fingerprint density at radius 1 is 0.656 bits per heavy atom. The van der Waals surface area contributed by atoms with Gasteiger partial charge < -0.3 is 52.7 Å². The molecule has 0 aliphatic heterocycles. The van der Waals surface area contributed by atoms with Crippen molar-refractivity contribution in [3.8, 4) is 0 Å². The third-order valence-electron chi connectivity index (χ3n) is 3.90. The quantitative estimate of drug-likeness (QED) is 0.134. The van der Waals surface area contributed by atoms with Gasteiger partial charge in [0.1, 0.15) is 0 Å². The Morgan fingerprint density at radius 3 is 1.38 bits per heavy atom. The van der Waals surface area contributed by atoms with E-state index in [1.807, 2.05) is 0 Å². The summed E-state index contributed by atoms with van der Waals surface area (Å²) in [6, 6.07) is -0.0914. The third kappa shape index (κ3) is 19.8. The topological polar surface area (TPSA) is 138 Å². The summed E-state index contributed by atoms with van der Waals surface area (Å²) in [6.07, 6.45) is 0.578. The zero-order valence-corrected chi connectivity index (χ0v) is 20.8. The van der Waals surface area contributed by atoms with Crippen LogP contribution in [0.25, 0.3) is 0 Å². The summed E-state index contributed by atoms with van der Waals surface area (Å²) in [5.41, 5.74) is 5.14. The van der Waals surface area contributed by atoms with Crippen LogP contribution in [0.1, 0.15) is 6.42 Å². The minimum atomic E-state index is -3.10. The molecular formula is C19H42N2O10Si. The molecule has 0 aromatic heterocycles. The molecule has 0 radical (unpaired) electrons. The number of hydrogen-bond acceptors (Lipinski definition) is 10. The first-order valence-electron chi connectivity index (χ1n) is 10.8. The number of nitrogens with two attached hydrogens (primary N) is 1. The van der Waals surface area contributed by atoms with Gasteiger partial charge in [-0.3, -0.25) is 0 Å². The molecule has 0 rings (SSSR count). The zero-order chi connectivity index (χ0) is 23.8. The van der Waals surface area contributed by atoms with Crippen molar-refractivity contribution in [1.82, 2.24) is 5.32 Å². The van der Waals surface area contributed by atoms with Crippen molar-refractivity contribution in [3.05, 3.63) is 0 Å². The number of urea groups is 1. The molecule has 0 unspecified atom stereocenters. The molecule has 0 heterocycles. The van der Waals surface area contributed by atoms with Gasteiger partial charge in [-0.1, -0.05) is 0 Å². The molecule has 0 aliphatic rings. The summed E-state index contributed by atoms with van der Waals surface area (Å²) in [5, 5.41) is 2.57. The predicted octanol–water partition coefficient (Wildman–Crippen LogP) is 0.0225. The fourth-order valence-electron chi connectivity index (χ4n) is 2.36. The summed E-state index contributed by atoms with van der Waals surface area (Å²) < 4.78 is 49.6. The molecule has 0 aliphatic carbocycles. The third-order valence-corrected chi connectivity index (χ3v) is 6.80. The molecule has 0 fully saturated rings. The highest BCUT2D eigenvalue weighted by atomic mass is 28.4. The van der Waals surface area contributed by atoms with E-state index in [0.717, 1.165) is 0 Å². The highest BCUT2D eigenvalue weighted by Gasteiger charge is 2.40. The number of ether oxygens (including phenoxy) is 6. The Balaban J connectivity index is 4.77. The number of amides is 2. The maximum Gasteiger partial charge on any atom is 0.501 e. The van der Waals surface area contributed by atoms with Crippen LogP contribution in [-0.4, -0.2) is 122 Å². The lowest BCUT2D eigenvalue weighted by Crippen LogP contribution is -2.48. The van der Waals surface area contributed by atoms with E-state index in [9.17, 15) is 4.79 Å². The van der Waals surface area contributed by atoms with Gasteiger partial charge >= 0.3 is 14.8 Å². The molecule has 32 heavy (non-hydrogen) atoms. The van der Waals surface area contributed by atoms with E-state index in [4.69, 9.17) is 47.4 Å². The van der Waals surface area contributed by atoms with Crippen LogP contribution >= 0.6 is 0 Å². The van der Waals surface area contributed by atoms with E-state index in [0.29, 0.717) is 98.3 Å². The van der Waals surface area contributed by atoms with Crippen molar-refractivity contribution in [3.63, 3.8) is 0 Å². The Kier molecular flexibility index (Phi) is 22.7. The van der Waals surface area contributed by atoms with Crippen LogP contribution in [-0.2, 0) is 41.7 Å². The predicted molar refractivity (Wildman–Crippen MR) is 119 cm³/mol. The Bertz CT molecular complexity index is 383. The molecule has 13 heteroatoms. The summed E-state index contributed by atoms with van der Waals surface area (Å²) >= 11 is 0. The molecule has 2 amide bonds. The van der Waals surface area contributed by atoms with E-state index < -0.39 is 14.8 Å². The van der Waals surface area contributed by atoms with Crippen LogP contribution in [0, 0.1) is 0 Å². The van der Waals surface area contributed by atoms with Crippen LogP contribution in [0.4, 0.5) is 4.79 Å². The number of primary amides is 1. The number of carbonyl (C=O) groups is 1. The lowest BCUT2D eigenvalue weighted by Gasteiger charge is -2.30. The number of methoxy groups -OCH3 is 3. The van der Waals surface area contributed by atoms with Gasteiger partial charge in [0.15, 0.2) is 0 Å². The van der Waals surface area contributed by atoms with Crippen LogP contribution in [0.3, 0.4) is 0 Å². The van der Waals surface area contributed by atoms with E-state index in [1.165, 1.54) is 0 Å². The average Bonchev–Trinajstić information content (AvgIpc) is 2.78. The molecule has 0 saturated carbocycles. The monoisotopic (exact) mass is 486 g/mol. The number of hydrogen-bond donors (Lipinski definition) is 2. The van der Waals surface area contributed by atoms with Crippen molar-refractivity contribution in [2.75, 3.05) is 107 Å². The summed E-state index contributed by atoms with van der Waals surface area (Å²) in [6.45, 7) is 5.34. The first kappa shape index (κ1) is 31.1. The fraction of sp³-hybridized carbons (Fsp3) is 0.947. The number of rotatable bonds is 25. The van der Waals surface area contributed by atoms with Gasteiger partial charge in [0.2, 0.25) is 0 Å². The first-order chi connectivity index (χ1) is 15.6. The van der Waals surface area contributed by atoms with Crippen molar-refractivity contribution in [2.24, 2.45) is 5.73 Å². The Labute approximate surface area is 192 Å². The van der Waals surface area contributed by atoms with Crippen LogP contribution in [0.15, 0.2) is 0 Å². The van der Waals surface area contributed by atoms with Crippen LogP contribution in [0.5, 0.6) is 0 Å². The molecule has 0 saturated heterocycles. The smallest absolute Gasteiger partial charge is 0.382 e. The molecular weight excluding hydrogens is 444 g/mol. The highest BCUT2D eigenvalue weighted by Crippen LogP contribution is 2.18. The van der Waals surface area contributed by atoms with Gasteiger partial charge in [-0.25, -0.2) is 4.79 Å². The van der Waals surface area contributed by atoms with Gasteiger partial charge in [-0.15, -0.1) is 0 Å². The molecule has 192 valence electrons. The SMILES string of the molecule is COCCOCCO[Si](CCCNC(N)=O)(OCCOCCOC)OCCOCCOC. The second-order valence-corrected chi connectivity index (χ2v) is 9.17.